The van der Waals surface area contributed by atoms with Gasteiger partial charge in [0.15, 0.2) is 0 Å². The van der Waals surface area contributed by atoms with Crippen LogP contribution in [0.4, 0.5) is 0 Å². The molecule has 2 atom stereocenters. The lowest BCUT2D eigenvalue weighted by Crippen LogP contribution is -2.43. The van der Waals surface area contributed by atoms with Crippen molar-refractivity contribution in [2.75, 3.05) is 20.3 Å². The Labute approximate surface area is 92.2 Å². The van der Waals surface area contributed by atoms with E-state index in [1.54, 1.807) is 7.11 Å². The molecule has 0 bridgehead atoms. The maximum Gasteiger partial charge on any atom is 0.317 e. The summed E-state index contributed by atoms with van der Waals surface area (Å²) in [5.74, 6) is -0.764. The molecule has 0 aliphatic rings. The first-order valence-electron chi connectivity index (χ1n) is 5.49. The Kier molecular flexibility index (Phi) is 7.34. The molecular formula is C11H23NO3. The van der Waals surface area contributed by atoms with E-state index in [0.29, 0.717) is 12.6 Å². The van der Waals surface area contributed by atoms with Crippen LogP contribution in [0.3, 0.4) is 0 Å². The second-order valence-corrected chi connectivity index (χ2v) is 3.95. The lowest BCUT2D eigenvalue weighted by Gasteiger charge is -2.32. The van der Waals surface area contributed by atoms with E-state index in [1.165, 1.54) is 0 Å². The molecule has 2 unspecified atom stereocenters. The fraction of sp³-hybridized carbons (Fsp3) is 0.909. The Bertz CT molecular complexity index is 185. The number of carboxylic acids is 1. The van der Waals surface area contributed by atoms with Crippen LogP contribution in [0.1, 0.15) is 33.6 Å². The number of hydrogen-bond acceptors (Lipinski definition) is 3. The molecule has 0 aliphatic heterocycles. The molecule has 90 valence electrons. The Balaban J connectivity index is 4.26. The van der Waals surface area contributed by atoms with Crippen molar-refractivity contribution in [1.82, 2.24) is 4.90 Å². The average Bonchev–Trinajstić information content (AvgIpc) is 2.21. The van der Waals surface area contributed by atoms with E-state index < -0.39 is 5.97 Å². The van der Waals surface area contributed by atoms with Crippen molar-refractivity contribution in [3.05, 3.63) is 0 Å². The van der Waals surface area contributed by atoms with Gasteiger partial charge in [0.05, 0.1) is 6.54 Å². The average molecular weight is 217 g/mol. The van der Waals surface area contributed by atoms with Gasteiger partial charge < -0.3 is 9.84 Å². The minimum absolute atomic E-state index is 0.111. The number of rotatable bonds is 8. The molecule has 0 aromatic rings. The first kappa shape index (κ1) is 14.4. The Hall–Kier alpha value is -0.610. The van der Waals surface area contributed by atoms with Gasteiger partial charge in [-0.15, -0.1) is 0 Å². The third kappa shape index (κ3) is 5.74. The number of carboxylic acid groups (broad SMARTS) is 1. The third-order valence-corrected chi connectivity index (χ3v) is 2.78. The number of aliphatic carboxylic acids is 1. The van der Waals surface area contributed by atoms with Crippen molar-refractivity contribution in [3.8, 4) is 0 Å². The zero-order valence-electron chi connectivity index (χ0n) is 10.2. The summed E-state index contributed by atoms with van der Waals surface area (Å²) in [6, 6.07) is 0.545. The molecule has 0 saturated carbocycles. The van der Waals surface area contributed by atoms with Gasteiger partial charge in [0.1, 0.15) is 0 Å². The second kappa shape index (κ2) is 7.65. The highest BCUT2D eigenvalue weighted by molar-refractivity contribution is 5.69. The van der Waals surface area contributed by atoms with Crippen molar-refractivity contribution in [2.24, 2.45) is 0 Å². The van der Waals surface area contributed by atoms with Crippen LogP contribution in [0.5, 0.6) is 0 Å². The van der Waals surface area contributed by atoms with E-state index in [2.05, 4.69) is 13.8 Å². The lowest BCUT2D eigenvalue weighted by atomic mass is 10.1. The smallest absolute Gasteiger partial charge is 0.317 e. The van der Waals surface area contributed by atoms with Crippen LogP contribution in [0, 0.1) is 0 Å². The van der Waals surface area contributed by atoms with Crippen LogP contribution < -0.4 is 0 Å². The minimum atomic E-state index is -0.764. The van der Waals surface area contributed by atoms with Gasteiger partial charge in [-0.05, 0) is 26.7 Å². The predicted molar refractivity (Wildman–Crippen MR) is 60.0 cm³/mol. The highest BCUT2D eigenvalue weighted by Crippen LogP contribution is 2.11. The normalized spacial score (nSPS) is 15.3. The fourth-order valence-corrected chi connectivity index (χ4v) is 1.59. The van der Waals surface area contributed by atoms with E-state index in [0.717, 1.165) is 12.8 Å². The molecule has 0 fully saturated rings. The maximum atomic E-state index is 10.7. The van der Waals surface area contributed by atoms with Crippen LogP contribution in [-0.4, -0.2) is 48.3 Å². The summed E-state index contributed by atoms with van der Waals surface area (Å²) in [6.07, 6.45) is 1.83. The predicted octanol–water partition coefficient (Wildman–Crippen LogP) is 1.60. The van der Waals surface area contributed by atoms with Gasteiger partial charge in [0.2, 0.25) is 0 Å². The van der Waals surface area contributed by atoms with Crippen molar-refractivity contribution in [2.45, 2.75) is 45.7 Å². The third-order valence-electron chi connectivity index (χ3n) is 2.78. The van der Waals surface area contributed by atoms with Crippen LogP contribution >= 0.6 is 0 Å². The Morgan fingerprint density at radius 2 is 2.00 bits per heavy atom. The summed E-state index contributed by atoms with van der Waals surface area (Å²) in [7, 11) is 1.66. The van der Waals surface area contributed by atoms with Gasteiger partial charge in [-0.25, -0.2) is 0 Å². The standard InChI is InChI=1S/C11H23NO3/c1-5-9(2)12(8-11(13)14)10(3)6-7-15-4/h9-10H,5-8H2,1-4H3,(H,13,14). The monoisotopic (exact) mass is 217 g/mol. The van der Waals surface area contributed by atoms with Gasteiger partial charge >= 0.3 is 5.97 Å². The molecule has 0 aliphatic carbocycles. The van der Waals surface area contributed by atoms with Crippen molar-refractivity contribution in [1.29, 1.82) is 0 Å². The van der Waals surface area contributed by atoms with E-state index in [1.807, 2.05) is 11.8 Å². The van der Waals surface area contributed by atoms with Gasteiger partial charge in [-0.3, -0.25) is 9.69 Å². The summed E-state index contributed by atoms with van der Waals surface area (Å²) in [5, 5.41) is 8.83. The minimum Gasteiger partial charge on any atom is -0.480 e. The maximum absolute atomic E-state index is 10.7. The molecule has 0 aromatic heterocycles. The second-order valence-electron chi connectivity index (χ2n) is 3.95. The molecule has 0 rings (SSSR count). The Morgan fingerprint density at radius 3 is 2.40 bits per heavy atom. The van der Waals surface area contributed by atoms with Crippen LogP contribution in [0.15, 0.2) is 0 Å². The summed E-state index contributed by atoms with van der Waals surface area (Å²) < 4.78 is 5.01. The van der Waals surface area contributed by atoms with Crippen molar-refractivity contribution >= 4 is 5.97 Å². The van der Waals surface area contributed by atoms with E-state index in [-0.39, 0.29) is 12.6 Å². The fourth-order valence-electron chi connectivity index (χ4n) is 1.59. The van der Waals surface area contributed by atoms with Gasteiger partial charge in [0.25, 0.3) is 0 Å². The van der Waals surface area contributed by atoms with E-state index in [4.69, 9.17) is 9.84 Å². The van der Waals surface area contributed by atoms with E-state index in [9.17, 15) is 4.79 Å². The molecule has 1 N–H and O–H groups in total. The van der Waals surface area contributed by atoms with Crippen LogP contribution in [0.25, 0.3) is 0 Å². The summed E-state index contributed by atoms with van der Waals surface area (Å²) >= 11 is 0. The highest BCUT2D eigenvalue weighted by Gasteiger charge is 2.20. The largest absolute Gasteiger partial charge is 0.480 e. The number of methoxy groups -OCH3 is 1. The number of ether oxygens (including phenoxy) is 1. The molecule has 0 aromatic carbocycles. The first-order chi connectivity index (χ1) is 7.02. The Morgan fingerprint density at radius 1 is 1.40 bits per heavy atom. The molecule has 0 spiro atoms. The molecule has 4 nitrogen and oxygen atoms in total. The highest BCUT2D eigenvalue weighted by atomic mass is 16.5. The topological polar surface area (TPSA) is 49.8 Å². The van der Waals surface area contributed by atoms with Crippen molar-refractivity contribution < 1.29 is 14.6 Å². The zero-order valence-corrected chi connectivity index (χ0v) is 10.2. The van der Waals surface area contributed by atoms with Crippen molar-refractivity contribution in [3.63, 3.8) is 0 Å². The van der Waals surface area contributed by atoms with Gasteiger partial charge in [0, 0.05) is 25.8 Å². The number of hydrogen-bond donors (Lipinski definition) is 1. The zero-order chi connectivity index (χ0) is 11.8. The summed E-state index contributed by atoms with van der Waals surface area (Å²) in [6.45, 7) is 6.97. The molecule has 0 heterocycles. The SMILES string of the molecule is CCC(C)N(CC(=O)O)C(C)CCOC. The first-order valence-corrected chi connectivity index (χ1v) is 5.49. The van der Waals surface area contributed by atoms with Gasteiger partial charge in [-0.2, -0.15) is 0 Å². The van der Waals surface area contributed by atoms with Gasteiger partial charge in [-0.1, -0.05) is 6.92 Å². The molecule has 0 radical (unpaired) electrons. The van der Waals surface area contributed by atoms with E-state index >= 15 is 0 Å². The van der Waals surface area contributed by atoms with Crippen LogP contribution in [-0.2, 0) is 9.53 Å². The van der Waals surface area contributed by atoms with Crippen LogP contribution in [0.2, 0.25) is 0 Å². The molecule has 15 heavy (non-hydrogen) atoms. The molecule has 0 saturated heterocycles. The lowest BCUT2D eigenvalue weighted by molar-refractivity contribution is -0.139. The number of nitrogens with zero attached hydrogens (tertiary/aromatic N) is 1. The molecule has 4 heteroatoms. The quantitative estimate of drug-likeness (QED) is 0.671. The molecular weight excluding hydrogens is 194 g/mol. The number of carbonyl (C=O) groups is 1. The summed E-state index contributed by atoms with van der Waals surface area (Å²) in [5.41, 5.74) is 0. The molecule has 0 amide bonds. The summed E-state index contributed by atoms with van der Waals surface area (Å²) in [4.78, 5) is 12.8.